The molecule has 0 bridgehead atoms. The third kappa shape index (κ3) is 2.10. The van der Waals surface area contributed by atoms with Crippen LogP contribution in [0.25, 0.3) is 0 Å². The number of aliphatic hydroxyl groups excluding tert-OH is 1. The highest BCUT2D eigenvalue weighted by Gasteiger charge is 2.34. The van der Waals surface area contributed by atoms with Crippen LogP contribution < -0.4 is 0 Å². The van der Waals surface area contributed by atoms with Crippen LogP contribution in [0, 0.1) is 5.41 Å². The van der Waals surface area contributed by atoms with Gasteiger partial charge in [0.15, 0.2) is 0 Å². The molecule has 1 aliphatic carbocycles. The first kappa shape index (κ1) is 9.79. The summed E-state index contributed by atoms with van der Waals surface area (Å²) in [6, 6.07) is 0. The standard InChI is InChI=1S/C11H20O/c1-9(2)8-10(12)11(3)6-4-5-7-11/h8,10,12H,4-7H2,1-3H3. The van der Waals surface area contributed by atoms with E-state index in [2.05, 4.69) is 6.92 Å². The third-order valence-corrected chi connectivity index (χ3v) is 2.95. The number of hydrogen-bond acceptors (Lipinski definition) is 1. The van der Waals surface area contributed by atoms with Crippen LogP contribution in [0.2, 0.25) is 0 Å². The first-order valence-corrected chi connectivity index (χ1v) is 4.88. The Kier molecular flexibility index (Phi) is 2.94. The van der Waals surface area contributed by atoms with Crippen molar-refractivity contribution in [1.29, 1.82) is 0 Å². The van der Waals surface area contributed by atoms with E-state index in [0.717, 1.165) is 0 Å². The van der Waals surface area contributed by atoms with Crippen LogP contribution in [0.3, 0.4) is 0 Å². The Labute approximate surface area is 75.5 Å². The van der Waals surface area contributed by atoms with Gasteiger partial charge in [0, 0.05) is 0 Å². The van der Waals surface area contributed by atoms with Gasteiger partial charge >= 0.3 is 0 Å². The molecular weight excluding hydrogens is 148 g/mol. The quantitative estimate of drug-likeness (QED) is 0.629. The summed E-state index contributed by atoms with van der Waals surface area (Å²) in [6.45, 7) is 6.28. The SMILES string of the molecule is CC(C)=CC(O)C1(C)CCCC1. The summed E-state index contributed by atoms with van der Waals surface area (Å²) >= 11 is 0. The molecule has 1 heteroatoms. The van der Waals surface area contributed by atoms with Crippen LogP contribution in [0.4, 0.5) is 0 Å². The number of hydrogen-bond donors (Lipinski definition) is 1. The number of aliphatic hydroxyl groups is 1. The maximum Gasteiger partial charge on any atom is 0.0776 e. The van der Waals surface area contributed by atoms with E-state index in [1.807, 2.05) is 19.9 Å². The second-order valence-electron chi connectivity index (χ2n) is 4.55. The van der Waals surface area contributed by atoms with E-state index in [9.17, 15) is 5.11 Å². The zero-order chi connectivity index (χ0) is 9.19. The second kappa shape index (κ2) is 3.61. The molecule has 1 atom stereocenters. The van der Waals surface area contributed by atoms with Crippen molar-refractivity contribution in [2.24, 2.45) is 5.41 Å². The molecule has 0 aromatic carbocycles. The molecule has 1 fully saturated rings. The fourth-order valence-electron chi connectivity index (χ4n) is 2.00. The Balaban J connectivity index is 2.61. The zero-order valence-electron chi connectivity index (χ0n) is 8.43. The summed E-state index contributed by atoms with van der Waals surface area (Å²) in [6.07, 6.45) is 6.68. The van der Waals surface area contributed by atoms with Crippen LogP contribution in [0.1, 0.15) is 46.5 Å². The lowest BCUT2D eigenvalue weighted by Gasteiger charge is -2.27. The van der Waals surface area contributed by atoms with Gasteiger partial charge in [-0.1, -0.05) is 31.4 Å². The molecule has 1 nitrogen and oxygen atoms in total. The van der Waals surface area contributed by atoms with Crippen LogP contribution in [0.5, 0.6) is 0 Å². The molecule has 0 aliphatic heterocycles. The minimum Gasteiger partial charge on any atom is -0.388 e. The smallest absolute Gasteiger partial charge is 0.0776 e. The number of rotatable bonds is 2. The van der Waals surface area contributed by atoms with E-state index >= 15 is 0 Å². The van der Waals surface area contributed by atoms with E-state index in [1.165, 1.54) is 31.3 Å². The summed E-state index contributed by atoms with van der Waals surface area (Å²) in [7, 11) is 0. The molecule has 0 heterocycles. The van der Waals surface area contributed by atoms with Gasteiger partial charge < -0.3 is 5.11 Å². The van der Waals surface area contributed by atoms with Crippen LogP contribution in [-0.2, 0) is 0 Å². The molecule has 1 N–H and O–H groups in total. The first-order valence-electron chi connectivity index (χ1n) is 4.88. The van der Waals surface area contributed by atoms with Crippen molar-refractivity contribution in [1.82, 2.24) is 0 Å². The normalized spacial score (nSPS) is 23.7. The van der Waals surface area contributed by atoms with Crippen molar-refractivity contribution < 1.29 is 5.11 Å². The average Bonchev–Trinajstić information content (AvgIpc) is 2.36. The largest absolute Gasteiger partial charge is 0.388 e. The molecule has 0 saturated heterocycles. The lowest BCUT2D eigenvalue weighted by Crippen LogP contribution is -2.27. The Morgan fingerprint density at radius 3 is 2.25 bits per heavy atom. The van der Waals surface area contributed by atoms with Crippen molar-refractivity contribution >= 4 is 0 Å². The minimum absolute atomic E-state index is 0.164. The highest BCUT2D eigenvalue weighted by atomic mass is 16.3. The van der Waals surface area contributed by atoms with Crippen molar-refractivity contribution in [3.8, 4) is 0 Å². The van der Waals surface area contributed by atoms with Crippen molar-refractivity contribution in [2.45, 2.75) is 52.6 Å². The third-order valence-electron chi connectivity index (χ3n) is 2.95. The molecule has 1 saturated carbocycles. The van der Waals surface area contributed by atoms with Crippen molar-refractivity contribution in [2.75, 3.05) is 0 Å². The maximum atomic E-state index is 9.90. The summed E-state index contributed by atoms with van der Waals surface area (Å²) in [4.78, 5) is 0. The summed E-state index contributed by atoms with van der Waals surface area (Å²) in [5, 5.41) is 9.90. The summed E-state index contributed by atoms with van der Waals surface area (Å²) in [5.41, 5.74) is 1.38. The molecule has 1 unspecified atom stereocenters. The van der Waals surface area contributed by atoms with E-state index in [1.54, 1.807) is 0 Å². The Morgan fingerprint density at radius 1 is 1.33 bits per heavy atom. The monoisotopic (exact) mass is 168 g/mol. The summed E-state index contributed by atoms with van der Waals surface area (Å²) < 4.78 is 0. The fraction of sp³-hybridized carbons (Fsp3) is 0.818. The van der Waals surface area contributed by atoms with E-state index in [0.29, 0.717) is 0 Å². The molecule has 1 rings (SSSR count). The van der Waals surface area contributed by atoms with Gasteiger partial charge in [0.2, 0.25) is 0 Å². The zero-order valence-corrected chi connectivity index (χ0v) is 8.43. The lowest BCUT2D eigenvalue weighted by atomic mass is 9.82. The number of allylic oxidation sites excluding steroid dienone is 1. The van der Waals surface area contributed by atoms with Crippen LogP contribution in [0.15, 0.2) is 11.6 Å². The molecule has 0 amide bonds. The average molecular weight is 168 g/mol. The highest BCUT2D eigenvalue weighted by Crippen LogP contribution is 2.41. The summed E-state index contributed by atoms with van der Waals surface area (Å²) in [5.74, 6) is 0. The van der Waals surface area contributed by atoms with Gasteiger partial charge in [0.1, 0.15) is 0 Å². The predicted octanol–water partition coefficient (Wildman–Crippen LogP) is 2.89. The molecular formula is C11H20O. The van der Waals surface area contributed by atoms with Gasteiger partial charge in [-0.05, 0) is 32.1 Å². The Morgan fingerprint density at radius 2 is 1.83 bits per heavy atom. The fourth-order valence-corrected chi connectivity index (χ4v) is 2.00. The van der Waals surface area contributed by atoms with Crippen LogP contribution >= 0.6 is 0 Å². The van der Waals surface area contributed by atoms with E-state index in [4.69, 9.17) is 0 Å². The molecule has 12 heavy (non-hydrogen) atoms. The maximum absolute atomic E-state index is 9.90. The van der Waals surface area contributed by atoms with Gasteiger partial charge in [0.25, 0.3) is 0 Å². The predicted molar refractivity (Wildman–Crippen MR) is 52.0 cm³/mol. The van der Waals surface area contributed by atoms with Gasteiger partial charge in [-0.3, -0.25) is 0 Å². The lowest BCUT2D eigenvalue weighted by molar-refractivity contribution is 0.0808. The van der Waals surface area contributed by atoms with Crippen molar-refractivity contribution in [3.05, 3.63) is 11.6 Å². The van der Waals surface area contributed by atoms with E-state index < -0.39 is 0 Å². The topological polar surface area (TPSA) is 20.2 Å². The molecule has 0 spiro atoms. The second-order valence-corrected chi connectivity index (χ2v) is 4.55. The minimum atomic E-state index is -0.231. The van der Waals surface area contributed by atoms with Gasteiger partial charge in [-0.15, -0.1) is 0 Å². The molecule has 0 aromatic rings. The molecule has 70 valence electrons. The Hall–Kier alpha value is -0.300. The van der Waals surface area contributed by atoms with Crippen LogP contribution in [-0.4, -0.2) is 11.2 Å². The van der Waals surface area contributed by atoms with Gasteiger partial charge in [-0.25, -0.2) is 0 Å². The molecule has 0 radical (unpaired) electrons. The molecule has 1 aliphatic rings. The molecule has 0 aromatic heterocycles. The first-order chi connectivity index (χ1) is 5.54. The van der Waals surface area contributed by atoms with Gasteiger partial charge in [0.05, 0.1) is 6.10 Å². The van der Waals surface area contributed by atoms with E-state index in [-0.39, 0.29) is 11.5 Å². The highest BCUT2D eigenvalue weighted by molar-refractivity contribution is 5.04. The van der Waals surface area contributed by atoms with Crippen molar-refractivity contribution in [3.63, 3.8) is 0 Å². The van der Waals surface area contributed by atoms with Gasteiger partial charge in [-0.2, -0.15) is 0 Å². The Bertz CT molecular complexity index is 171.